The Hall–Kier alpha value is -3.28. The lowest BCUT2D eigenvalue weighted by molar-refractivity contribution is -0.187. The smallest absolute Gasteiger partial charge is 0.261 e. The lowest BCUT2D eigenvalue weighted by Crippen LogP contribution is -2.50. The number of ether oxygens (including phenoxy) is 1. The van der Waals surface area contributed by atoms with Gasteiger partial charge in [0.15, 0.2) is 5.82 Å². The first-order valence-electron chi connectivity index (χ1n) is 14.1. The van der Waals surface area contributed by atoms with Gasteiger partial charge in [-0.2, -0.15) is 14.7 Å². The molecule has 0 bridgehead atoms. The highest BCUT2D eigenvalue weighted by Crippen LogP contribution is 2.39. The fraction of sp³-hybridized carbons (Fsp3) is 0.536. The van der Waals surface area contributed by atoms with Crippen LogP contribution in [0, 0.1) is 17.2 Å². The van der Waals surface area contributed by atoms with Gasteiger partial charge in [0.05, 0.1) is 28.4 Å². The molecule has 1 aromatic carbocycles. The number of hydrogen-bond donors (Lipinski definition) is 3. The van der Waals surface area contributed by atoms with E-state index in [2.05, 4.69) is 16.4 Å². The Morgan fingerprint density at radius 2 is 2.02 bits per heavy atom. The molecule has 13 heteroatoms. The molecule has 1 unspecified atom stereocenters. The second kappa shape index (κ2) is 10.8. The van der Waals surface area contributed by atoms with Crippen LogP contribution >= 0.6 is 0 Å². The van der Waals surface area contributed by atoms with Crippen LogP contribution in [0.3, 0.4) is 0 Å². The number of aliphatic hydroxyl groups excluding tert-OH is 1. The van der Waals surface area contributed by atoms with Gasteiger partial charge in [0.2, 0.25) is 16.4 Å². The van der Waals surface area contributed by atoms with Crippen LogP contribution in [-0.2, 0) is 26.8 Å². The van der Waals surface area contributed by atoms with Gasteiger partial charge in [0.25, 0.3) is 5.56 Å². The summed E-state index contributed by atoms with van der Waals surface area (Å²) in [7, 11) is -2.09. The van der Waals surface area contributed by atoms with Crippen LogP contribution in [-0.4, -0.2) is 70.7 Å². The van der Waals surface area contributed by atoms with Gasteiger partial charge in [-0.3, -0.25) is 14.4 Å². The molecule has 12 nitrogen and oxygen atoms in total. The van der Waals surface area contributed by atoms with E-state index >= 15 is 0 Å². The third-order valence-electron chi connectivity index (χ3n) is 8.94. The predicted molar refractivity (Wildman–Crippen MR) is 152 cm³/mol. The number of aliphatic hydroxyl groups is 1. The van der Waals surface area contributed by atoms with Crippen molar-refractivity contribution in [3.05, 3.63) is 46.4 Å². The summed E-state index contributed by atoms with van der Waals surface area (Å²) in [6, 6.07) is 9.22. The van der Waals surface area contributed by atoms with E-state index < -0.39 is 22.0 Å². The van der Waals surface area contributed by atoms with Gasteiger partial charge < -0.3 is 20.1 Å². The standard InChI is InChI=1S/C28H35N7O5S/c1-40-27(37)33-14-10-28(9-12-29,11-15-33)35-22-8-13-30-26(36)24(22)25(32-35)31-21-6-7-23-20(16-21)18-34(41(23,38)39)17-19-4-2-3-5-19/h6-8,13,16,19,27,37H,2-5,9-11,14-15,17-18H2,1H3,(H,30,36)(H,31,32). The number of sulfonamides is 1. The SMILES string of the molecule is COC(O)N1CCC(CC#N)(n2nc(Nc3ccc4c(c3)CN(CC3CCCC3)S4(=O)=O)c3c(=O)[nH]ccc32)CC1. The molecule has 1 saturated carbocycles. The van der Waals surface area contributed by atoms with Crippen LogP contribution < -0.4 is 10.9 Å². The first-order valence-corrected chi connectivity index (χ1v) is 15.5. The molecular weight excluding hydrogens is 546 g/mol. The number of benzene rings is 1. The summed E-state index contributed by atoms with van der Waals surface area (Å²) >= 11 is 0. The molecule has 2 aromatic heterocycles. The zero-order chi connectivity index (χ0) is 28.8. The monoisotopic (exact) mass is 581 g/mol. The normalized spacial score (nSPS) is 21.6. The number of H-pyrrole nitrogens is 1. The minimum Gasteiger partial charge on any atom is -0.356 e. The molecule has 3 aromatic rings. The van der Waals surface area contributed by atoms with Crippen LogP contribution in [0.15, 0.2) is 40.2 Å². The molecule has 1 aliphatic carbocycles. The zero-order valence-corrected chi connectivity index (χ0v) is 23.9. The van der Waals surface area contributed by atoms with Gasteiger partial charge >= 0.3 is 0 Å². The highest BCUT2D eigenvalue weighted by molar-refractivity contribution is 7.89. The van der Waals surface area contributed by atoms with Crippen molar-refractivity contribution in [1.29, 1.82) is 5.26 Å². The molecule has 0 radical (unpaired) electrons. The summed E-state index contributed by atoms with van der Waals surface area (Å²) in [5.41, 5.74) is 0.942. The molecule has 4 heterocycles. The topological polar surface area (TPSA) is 157 Å². The van der Waals surface area contributed by atoms with Crippen molar-refractivity contribution in [2.75, 3.05) is 32.1 Å². The maximum Gasteiger partial charge on any atom is 0.261 e. The summed E-state index contributed by atoms with van der Waals surface area (Å²) in [6.07, 6.45) is 6.22. The second-order valence-corrected chi connectivity index (χ2v) is 13.3. The van der Waals surface area contributed by atoms with E-state index in [1.807, 2.05) is 6.07 Å². The Labute approximate surface area is 238 Å². The average molecular weight is 582 g/mol. The second-order valence-electron chi connectivity index (χ2n) is 11.4. The summed E-state index contributed by atoms with van der Waals surface area (Å²) in [4.78, 5) is 17.9. The van der Waals surface area contributed by atoms with E-state index in [-0.39, 0.29) is 12.0 Å². The molecule has 3 aliphatic rings. The Balaban J connectivity index is 1.32. The molecular formula is C28H35N7O5S. The fourth-order valence-electron chi connectivity index (χ4n) is 6.67. The van der Waals surface area contributed by atoms with E-state index in [0.717, 1.165) is 31.2 Å². The molecule has 0 amide bonds. The number of aromatic amines is 1. The molecule has 3 N–H and O–H groups in total. The van der Waals surface area contributed by atoms with Crippen LogP contribution in [0.1, 0.15) is 50.5 Å². The predicted octanol–water partition coefficient (Wildman–Crippen LogP) is 2.79. The number of nitrogens with zero attached hydrogens (tertiary/aromatic N) is 5. The first kappa shape index (κ1) is 27.9. The van der Waals surface area contributed by atoms with Crippen molar-refractivity contribution in [1.82, 2.24) is 24.0 Å². The van der Waals surface area contributed by atoms with Crippen LogP contribution in [0.25, 0.3) is 10.9 Å². The van der Waals surface area contributed by atoms with Gasteiger partial charge in [-0.05, 0) is 61.4 Å². The summed E-state index contributed by atoms with van der Waals surface area (Å²) < 4.78 is 34.9. The van der Waals surface area contributed by atoms with Crippen molar-refractivity contribution < 1.29 is 18.3 Å². The molecule has 218 valence electrons. The fourth-order valence-corrected chi connectivity index (χ4v) is 8.36. The van der Waals surface area contributed by atoms with Gasteiger partial charge in [0, 0.05) is 45.2 Å². The number of anilines is 2. The van der Waals surface area contributed by atoms with E-state index in [1.165, 1.54) is 7.11 Å². The Morgan fingerprint density at radius 3 is 2.73 bits per heavy atom. The van der Waals surface area contributed by atoms with Crippen LogP contribution in [0.2, 0.25) is 0 Å². The Morgan fingerprint density at radius 1 is 1.27 bits per heavy atom. The minimum atomic E-state index is -3.53. The number of methoxy groups -OCH3 is 1. The maximum absolute atomic E-state index is 13.2. The number of nitriles is 1. The van der Waals surface area contributed by atoms with Crippen molar-refractivity contribution in [2.45, 2.75) is 68.3 Å². The minimum absolute atomic E-state index is 0.181. The maximum atomic E-state index is 13.2. The Kier molecular flexibility index (Phi) is 7.37. The van der Waals surface area contributed by atoms with E-state index in [1.54, 1.807) is 38.3 Å². The molecule has 6 rings (SSSR count). The molecule has 41 heavy (non-hydrogen) atoms. The quantitative estimate of drug-likeness (QED) is 0.340. The third kappa shape index (κ3) is 4.93. The molecule has 1 atom stereocenters. The average Bonchev–Trinajstić information content (AvgIpc) is 3.67. The van der Waals surface area contributed by atoms with Crippen LogP contribution in [0.4, 0.5) is 11.5 Å². The number of likely N-dealkylation sites (tertiary alicyclic amines) is 1. The van der Waals surface area contributed by atoms with Crippen molar-refractivity contribution >= 4 is 32.4 Å². The van der Waals surface area contributed by atoms with Crippen LogP contribution in [0.5, 0.6) is 0 Å². The molecule has 1 saturated heterocycles. The third-order valence-corrected chi connectivity index (χ3v) is 10.8. The van der Waals surface area contributed by atoms with Crippen molar-refractivity contribution in [3.8, 4) is 6.07 Å². The largest absolute Gasteiger partial charge is 0.356 e. The van der Waals surface area contributed by atoms with Crippen molar-refractivity contribution in [2.24, 2.45) is 5.92 Å². The van der Waals surface area contributed by atoms with Gasteiger partial charge in [-0.25, -0.2) is 8.42 Å². The number of nitrogens with one attached hydrogen (secondary N) is 2. The number of rotatable bonds is 8. The van der Waals surface area contributed by atoms with Gasteiger partial charge in [-0.1, -0.05) is 12.8 Å². The number of hydrogen-bond acceptors (Lipinski definition) is 9. The Bertz CT molecular complexity index is 1650. The molecule has 2 fully saturated rings. The first-order chi connectivity index (χ1) is 19.8. The lowest BCUT2D eigenvalue weighted by Gasteiger charge is -2.42. The van der Waals surface area contributed by atoms with E-state index in [4.69, 9.17) is 9.84 Å². The highest BCUT2D eigenvalue weighted by Gasteiger charge is 2.41. The lowest BCUT2D eigenvalue weighted by atomic mass is 9.84. The highest BCUT2D eigenvalue weighted by atomic mass is 32.2. The number of pyridine rings is 1. The molecule has 2 aliphatic heterocycles. The van der Waals surface area contributed by atoms with E-state index in [9.17, 15) is 23.6 Å². The van der Waals surface area contributed by atoms with Gasteiger partial charge in [-0.15, -0.1) is 0 Å². The number of aromatic nitrogens is 3. The zero-order valence-electron chi connectivity index (χ0n) is 23.0. The summed E-state index contributed by atoms with van der Waals surface area (Å²) in [5.74, 6) is 0.742. The summed E-state index contributed by atoms with van der Waals surface area (Å²) in [5, 5.41) is 28.4. The van der Waals surface area contributed by atoms with Crippen molar-refractivity contribution in [3.63, 3.8) is 0 Å². The summed E-state index contributed by atoms with van der Waals surface area (Å²) in [6.45, 7) is 1.85. The van der Waals surface area contributed by atoms with E-state index in [0.29, 0.717) is 72.2 Å². The molecule has 0 spiro atoms. The van der Waals surface area contributed by atoms with Gasteiger partial charge in [0.1, 0.15) is 5.39 Å². The number of fused-ring (bicyclic) bond motifs is 2. The number of piperidine rings is 1.